The van der Waals surface area contributed by atoms with Gasteiger partial charge >= 0.3 is 0 Å². The second-order valence-electron chi connectivity index (χ2n) is 20.2. The van der Waals surface area contributed by atoms with E-state index in [9.17, 15) is 19.4 Å². The van der Waals surface area contributed by atoms with Crippen LogP contribution in [0.5, 0.6) is 0 Å². The molecule has 0 aliphatic rings. The number of carbonyl (C=O) groups excluding carboxylic acids is 1. The van der Waals surface area contributed by atoms with E-state index in [1.165, 1.54) is 141 Å². The number of nitrogens with one attached hydrogen (secondary N) is 1. The topological polar surface area (TPSA) is 108 Å². The Hall–Kier alpha value is -2.32. The summed E-state index contributed by atoms with van der Waals surface area (Å²) in [7, 11) is 1.23. The van der Waals surface area contributed by atoms with Gasteiger partial charge in [0.2, 0.25) is 5.91 Å². The van der Waals surface area contributed by atoms with Crippen LogP contribution in [0.15, 0.2) is 85.1 Å². The first-order valence-electron chi connectivity index (χ1n) is 28.4. The third kappa shape index (κ3) is 53.3. The number of hydrogen-bond acceptors (Lipinski definition) is 6. The Morgan fingerprint density at radius 2 is 0.899 bits per heavy atom. The highest BCUT2D eigenvalue weighted by Crippen LogP contribution is 2.38. The van der Waals surface area contributed by atoms with Crippen LogP contribution in [0.2, 0.25) is 0 Å². The summed E-state index contributed by atoms with van der Waals surface area (Å²) in [5.41, 5.74) is 0. The molecule has 0 heterocycles. The fourth-order valence-electron chi connectivity index (χ4n) is 7.87. The van der Waals surface area contributed by atoms with Gasteiger partial charge in [-0.25, -0.2) is 0 Å². The molecule has 0 aliphatic carbocycles. The monoisotopic (exact) mass is 985 g/mol. The van der Waals surface area contributed by atoms with Gasteiger partial charge in [-0.3, -0.25) is 9.36 Å². The lowest BCUT2D eigenvalue weighted by Crippen LogP contribution is -2.45. The molecule has 8 nitrogen and oxygen atoms in total. The number of allylic oxidation sites excluding steroid dienone is 13. The summed E-state index contributed by atoms with van der Waals surface area (Å²) in [6.07, 6.45) is 71.2. The number of rotatable bonds is 51. The molecule has 0 rings (SSSR count). The first kappa shape index (κ1) is 66.7. The number of unbranched alkanes of at least 4 members (excludes halogenated alkanes) is 26. The Morgan fingerprint density at radius 1 is 0.522 bits per heavy atom. The fourth-order valence-corrected chi connectivity index (χ4v) is 8.59. The van der Waals surface area contributed by atoms with Crippen molar-refractivity contribution >= 4 is 13.7 Å². The van der Waals surface area contributed by atoms with E-state index in [1.54, 1.807) is 6.08 Å². The predicted molar refractivity (Wildman–Crippen MR) is 297 cm³/mol. The Bertz CT molecular complexity index is 1400. The first-order valence-corrected chi connectivity index (χ1v) is 29.9. The molecular weight excluding hydrogens is 876 g/mol. The number of aliphatic hydroxyl groups is 1. The normalized spacial score (nSPS) is 14.6. The molecule has 0 aliphatic heterocycles. The number of nitrogens with zero attached hydrogens (tertiary/aromatic N) is 1. The maximum atomic E-state index is 12.9. The van der Waals surface area contributed by atoms with Crippen LogP contribution in [0.25, 0.3) is 0 Å². The summed E-state index contributed by atoms with van der Waals surface area (Å²) >= 11 is 0. The van der Waals surface area contributed by atoms with Gasteiger partial charge in [0, 0.05) is 6.42 Å². The van der Waals surface area contributed by atoms with Crippen LogP contribution in [0, 0.1) is 0 Å². The molecule has 3 unspecified atom stereocenters. The molecule has 3 atom stereocenters. The fraction of sp³-hybridized carbons (Fsp3) is 0.750. The minimum atomic E-state index is -4.60. The summed E-state index contributed by atoms with van der Waals surface area (Å²) in [5.74, 6) is -0.212. The molecule has 0 spiro atoms. The molecule has 0 saturated heterocycles. The molecule has 9 heteroatoms. The van der Waals surface area contributed by atoms with E-state index in [0.29, 0.717) is 17.4 Å². The van der Waals surface area contributed by atoms with Gasteiger partial charge in [0.25, 0.3) is 7.82 Å². The number of phosphoric ester groups is 1. The average Bonchev–Trinajstić information content (AvgIpc) is 3.31. The third-order valence-corrected chi connectivity index (χ3v) is 13.3. The van der Waals surface area contributed by atoms with Crippen molar-refractivity contribution in [2.45, 2.75) is 251 Å². The minimum absolute atomic E-state index is 0.0106. The summed E-state index contributed by atoms with van der Waals surface area (Å²) < 4.78 is 23.2. The van der Waals surface area contributed by atoms with Crippen molar-refractivity contribution in [3.8, 4) is 0 Å². The van der Waals surface area contributed by atoms with Gasteiger partial charge in [-0.05, 0) is 77.0 Å². The highest BCUT2D eigenvalue weighted by Gasteiger charge is 2.23. The van der Waals surface area contributed by atoms with Gasteiger partial charge in [0.15, 0.2) is 0 Å². The molecule has 69 heavy (non-hydrogen) atoms. The molecule has 0 aromatic carbocycles. The number of carbonyl (C=O) groups is 1. The van der Waals surface area contributed by atoms with E-state index < -0.39 is 26.6 Å². The van der Waals surface area contributed by atoms with Crippen molar-refractivity contribution in [2.75, 3.05) is 40.9 Å². The van der Waals surface area contributed by atoms with Gasteiger partial charge in [-0.2, -0.15) is 0 Å². The van der Waals surface area contributed by atoms with Gasteiger partial charge in [-0.15, -0.1) is 0 Å². The highest BCUT2D eigenvalue weighted by atomic mass is 31.2. The van der Waals surface area contributed by atoms with E-state index in [0.717, 1.165) is 77.0 Å². The predicted octanol–water partition coefficient (Wildman–Crippen LogP) is 16.6. The van der Waals surface area contributed by atoms with Gasteiger partial charge in [0.05, 0.1) is 39.9 Å². The molecule has 400 valence electrons. The number of amides is 1. The SMILES string of the molecule is CC/C=C\C/C=C\C/C=C\C/C=C\CCCCCCCCCCCCCCCCCCCCCCCCC(=O)NC(COP(=O)([O-])OCC[N+](C)(C)C)C(O)/C=C/CC/C=C/CC/C=C/CCCC. The molecule has 1 amide bonds. The smallest absolute Gasteiger partial charge is 0.268 e. The Morgan fingerprint density at radius 3 is 1.35 bits per heavy atom. The van der Waals surface area contributed by atoms with Crippen LogP contribution < -0.4 is 10.2 Å². The maximum absolute atomic E-state index is 12.9. The minimum Gasteiger partial charge on any atom is -0.756 e. The van der Waals surface area contributed by atoms with Crippen LogP contribution in [-0.4, -0.2) is 68.5 Å². The second-order valence-corrected chi connectivity index (χ2v) is 21.7. The summed E-state index contributed by atoms with van der Waals surface area (Å²) in [6.45, 7) is 4.45. The Kier molecular flexibility index (Phi) is 48.9. The second kappa shape index (κ2) is 50.6. The summed E-state index contributed by atoms with van der Waals surface area (Å²) in [5, 5.41) is 13.8. The molecule has 2 N–H and O–H groups in total. The molecule has 0 aromatic heterocycles. The number of likely N-dealkylation sites (N-methyl/N-ethyl adjacent to an activating group) is 1. The van der Waals surface area contributed by atoms with Gasteiger partial charge in [0.1, 0.15) is 13.2 Å². The zero-order valence-corrected chi connectivity index (χ0v) is 46.4. The largest absolute Gasteiger partial charge is 0.756 e. The molecule has 0 saturated carbocycles. The van der Waals surface area contributed by atoms with Crippen molar-refractivity contribution in [3.05, 3.63) is 85.1 Å². The van der Waals surface area contributed by atoms with Crippen molar-refractivity contribution in [3.63, 3.8) is 0 Å². The van der Waals surface area contributed by atoms with E-state index in [4.69, 9.17) is 9.05 Å². The van der Waals surface area contributed by atoms with Crippen molar-refractivity contribution in [1.29, 1.82) is 0 Å². The zero-order chi connectivity index (χ0) is 50.6. The molecule has 0 radical (unpaired) electrons. The number of aliphatic hydroxyl groups excluding tert-OH is 1. The number of quaternary nitrogens is 1. The van der Waals surface area contributed by atoms with E-state index in [-0.39, 0.29) is 12.5 Å². The van der Waals surface area contributed by atoms with Gasteiger partial charge < -0.3 is 28.8 Å². The molecule has 0 fully saturated rings. The van der Waals surface area contributed by atoms with Crippen LogP contribution in [0.1, 0.15) is 239 Å². The maximum Gasteiger partial charge on any atom is 0.268 e. The van der Waals surface area contributed by atoms with E-state index >= 15 is 0 Å². The lowest BCUT2D eigenvalue weighted by molar-refractivity contribution is -0.870. The number of phosphoric acid groups is 1. The Labute approximate surface area is 426 Å². The standard InChI is InChI=1S/C60H109N2O6P/c1-6-8-10-12-14-16-18-20-21-22-23-24-25-26-27-28-29-30-31-32-33-34-35-36-37-38-39-40-41-42-44-46-48-50-52-54-60(64)61-58(57-68-69(65,66)67-56-55-62(3,4)5)59(63)53-51-49-47-45-43-19-17-15-13-11-9-7-2/h8,10,13-16,20-21,23-24,43,45,51,53,58-59,63H,6-7,9,11-12,17-19,22,25-42,44,46-50,52,54-57H2,1-5H3,(H-,61,64,65,66)/b10-8-,15-13+,16-14-,21-20-,24-23-,45-43+,53-51+. The van der Waals surface area contributed by atoms with Crippen LogP contribution in [0.4, 0.5) is 0 Å². The third-order valence-electron chi connectivity index (χ3n) is 12.3. The average molecular weight is 986 g/mol. The van der Waals surface area contributed by atoms with E-state index in [1.807, 2.05) is 27.2 Å². The quantitative estimate of drug-likeness (QED) is 0.0272. The lowest BCUT2D eigenvalue weighted by atomic mass is 10.0. The van der Waals surface area contributed by atoms with Crippen LogP contribution in [0.3, 0.4) is 0 Å². The summed E-state index contributed by atoms with van der Waals surface area (Å²) in [4.78, 5) is 25.4. The molecular formula is C60H109N2O6P. The van der Waals surface area contributed by atoms with E-state index in [2.05, 4.69) is 92.1 Å². The van der Waals surface area contributed by atoms with Gasteiger partial charge in [-0.1, -0.05) is 240 Å². The lowest BCUT2D eigenvalue weighted by Gasteiger charge is -2.29. The zero-order valence-electron chi connectivity index (χ0n) is 45.5. The van der Waals surface area contributed by atoms with Crippen molar-refractivity contribution in [2.24, 2.45) is 0 Å². The van der Waals surface area contributed by atoms with Crippen molar-refractivity contribution in [1.82, 2.24) is 5.32 Å². The number of hydrogen-bond donors (Lipinski definition) is 2. The highest BCUT2D eigenvalue weighted by molar-refractivity contribution is 7.45. The van der Waals surface area contributed by atoms with Crippen molar-refractivity contribution < 1.29 is 32.9 Å². The molecule has 0 bridgehead atoms. The molecule has 0 aromatic rings. The Balaban J connectivity index is 3.98. The van der Waals surface area contributed by atoms with Crippen LogP contribution >= 0.6 is 7.82 Å². The summed E-state index contributed by atoms with van der Waals surface area (Å²) in [6, 6.07) is -0.910. The van der Waals surface area contributed by atoms with Crippen LogP contribution in [-0.2, 0) is 18.4 Å². The first-order chi connectivity index (χ1) is 33.5.